The van der Waals surface area contributed by atoms with Crippen LogP contribution < -0.4 is 21.3 Å². The number of carboxylic acid groups (broad SMARTS) is 1. The molecule has 0 aliphatic carbocycles. The first-order valence-corrected chi connectivity index (χ1v) is 12.5. The van der Waals surface area contributed by atoms with Gasteiger partial charge in [-0.15, -0.1) is 0 Å². The Hall–Kier alpha value is -4.21. The van der Waals surface area contributed by atoms with E-state index >= 15 is 0 Å². The van der Waals surface area contributed by atoms with Crippen LogP contribution in [0.15, 0.2) is 46.0 Å². The van der Waals surface area contributed by atoms with Crippen molar-refractivity contribution in [2.45, 2.75) is 24.8 Å². The number of aromatic nitrogens is 2. The third-order valence-corrected chi connectivity index (χ3v) is 6.24. The lowest BCUT2D eigenvalue weighted by molar-refractivity contribution is -0.138. The van der Waals surface area contributed by atoms with Crippen LogP contribution >= 0.6 is 15.9 Å². The van der Waals surface area contributed by atoms with Gasteiger partial charge in [0.15, 0.2) is 5.96 Å². The minimum Gasteiger partial charge on any atom is -0.481 e. The van der Waals surface area contributed by atoms with Crippen molar-refractivity contribution in [2.75, 3.05) is 25.0 Å². The molecule has 2 heterocycles. The van der Waals surface area contributed by atoms with Crippen LogP contribution in [0.1, 0.15) is 33.9 Å². The smallest absolute Gasteiger partial charge is 0.416 e. The Morgan fingerprint density at radius 3 is 2.62 bits per heavy atom. The average molecular weight is 628 g/mol. The minimum atomic E-state index is -4.69. The minimum absolute atomic E-state index is 0.0234. The molecule has 6 N–H and O–H groups in total. The predicted molar refractivity (Wildman–Crippen MR) is 140 cm³/mol. The molecule has 0 saturated heterocycles. The van der Waals surface area contributed by atoms with E-state index in [1.54, 1.807) is 6.07 Å². The van der Waals surface area contributed by atoms with Crippen molar-refractivity contribution in [3.05, 3.63) is 57.7 Å². The van der Waals surface area contributed by atoms with Crippen LogP contribution in [0.3, 0.4) is 0 Å². The van der Waals surface area contributed by atoms with E-state index in [0.717, 1.165) is 12.1 Å². The summed E-state index contributed by atoms with van der Waals surface area (Å²) in [6.07, 6.45) is -5.09. The number of carboxylic acids is 1. The van der Waals surface area contributed by atoms with E-state index in [2.05, 4.69) is 52.4 Å². The van der Waals surface area contributed by atoms with E-state index in [1.807, 2.05) is 0 Å². The number of halogens is 5. The maximum absolute atomic E-state index is 13.3. The number of hydrogen-bond donors (Lipinski definition) is 6. The Kier molecular flexibility index (Phi) is 8.56. The molecule has 16 heteroatoms. The lowest BCUT2D eigenvalue weighted by Crippen LogP contribution is -2.41. The summed E-state index contributed by atoms with van der Waals surface area (Å²) < 4.78 is 53.2. The van der Waals surface area contributed by atoms with Crippen LogP contribution in [0, 0.1) is 0 Å². The fourth-order valence-electron chi connectivity index (χ4n) is 3.96. The van der Waals surface area contributed by atoms with Crippen molar-refractivity contribution < 1.29 is 37.1 Å². The predicted octanol–water partition coefficient (Wildman–Crippen LogP) is 3.12. The molecule has 2 unspecified atom stereocenters. The van der Waals surface area contributed by atoms with Gasteiger partial charge in [0.1, 0.15) is 6.17 Å². The molecule has 2 amide bonds. The van der Waals surface area contributed by atoms with E-state index in [0.29, 0.717) is 22.5 Å². The summed E-state index contributed by atoms with van der Waals surface area (Å²) in [5.41, 5.74) is -0.0693. The maximum atomic E-state index is 13.3. The highest BCUT2D eigenvalue weighted by Gasteiger charge is 2.32. The fourth-order valence-corrected chi connectivity index (χ4v) is 4.47. The zero-order valence-corrected chi connectivity index (χ0v) is 22.0. The number of guanidine groups is 1. The number of alkyl halides is 4. The van der Waals surface area contributed by atoms with Crippen molar-refractivity contribution in [3.63, 3.8) is 0 Å². The molecule has 0 fully saturated rings. The molecule has 40 heavy (non-hydrogen) atoms. The highest BCUT2D eigenvalue weighted by atomic mass is 79.9. The Balaban J connectivity index is 1.47. The number of anilines is 1. The molecule has 1 aromatic heterocycles. The van der Waals surface area contributed by atoms with Gasteiger partial charge < -0.3 is 26.4 Å². The number of H-pyrrole nitrogens is 1. The van der Waals surface area contributed by atoms with E-state index in [1.165, 1.54) is 18.3 Å². The number of fused-ring (bicyclic) bond motifs is 1. The molecule has 0 bridgehead atoms. The van der Waals surface area contributed by atoms with E-state index in [-0.39, 0.29) is 28.7 Å². The largest absolute Gasteiger partial charge is 0.481 e. The molecule has 1 aliphatic rings. The van der Waals surface area contributed by atoms with Gasteiger partial charge in [0.25, 0.3) is 5.91 Å². The summed E-state index contributed by atoms with van der Waals surface area (Å²) in [4.78, 5) is 41.1. The van der Waals surface area contributed by atoms with E-state index in [4.69, 9.17) is 0 Å². The van der Waals surface area contributed by atoms with Crippen molar-refractivity contribution in [1.29, 1.82) is 0 Å². The number of aromatic amines is 1. The lowest BCUT2D eigenvalue weighted by atomic mass is 10.0. The second-order valence-corrected chi connectivity index (χ2v) is 9.73. The first kappa shape index (κ1) is 28.8. The second-order valence-electron chi connectivity index (χ2n) is 8.82. The summed E-state index contributed by atoms with van der Waals surface area (Å²) in [5.74, 6) is -2.55. The second kappa shape index (κ2) is 11.9. The SMILES string of the molecule is O=C(O)CC(NC(=O)CNC(=O)c1cc(NC2=NCC(F)CN2)cc2[nH]ncc12)c1cc(Br)cc(C(F)(F)F)c1. The van der Waals surface area contributed by atoms with Crippen LogP contribution in [-0.2, 0) is 15.8 Å². The van der Waals surface area contributed by atoms with Gasteiger partial charge in [0.2, 0.25) is 5.91 Å². The van der Waals surface area contributed by atoms with Crippen molar-refractivity contribution in [2.24, 2.45) is 4.99 Å². The highest BCUT2D eigenvalue weighted by molar-refractivity contribution is 9.10. The number of aliphatic carboxylic acids is 1. The number of rotatable bonds is 8. The Morgan fingerprint density at radius 1 is 1.18 bits per heavy atom. The van der Waals surface area contributed by atoms with E-state index < -0.39 is 54.7 Å². The number of carbonyl (C=O) groups is 3. The lowest BCUT2D eigenvalue weighted by Gasteiger charge is -2.20. The van der Waals surface area contributed by atoms with Crippen LogP contribution in [0.5, 0.6) is 0 Å². The first-order chi connectivity index (χ1) is 18.9. The topological polar surface area (TPSA) is 161 Å². The molecule has 1 aliphatic heterocycles. The number of aliphatic imine (C=N–C) groups is 1. The molecular weight excluding hydrogens is 606 g/mol. The first-order valence-electron chi connectivity index (χ1n) is 11.7. The van der Waals surface area contributed by atoms with Crippen LogP contribution in [-0.4, -0.2) is 64.9 Å². The molecular formula is C24H22BrF4N7O4. The molecule has 3 aromatic rings. The van der Waals surface area contributed by atoms with Gasteiger partial charge in [-0.3, -0.25) is 19.5 Å². The summed E-state index contributed by atoms with van der Waals surface area (Å²) in [5, 5.41) is 26.9. The number of benzene rings is 2. The Labute approximate surface area is 231 Å². The molecule has 2 aromatic carbocycles. The fraction of sp³-hybridized carbons (Fsp3) is 0.292. The van der Waals surface area contributed by atoms with Gasteiger partial charge >= 0.3 is 12.1 Å². The zero-order chi connectivity index (χ0) is 29.0. The maximum Gasteiger partial charge on any atom is 0.416 e. The number of hydrogen-bond acceptors (Lipinski definition) is 7. The average Bonchev–Trinajstić information content (AvgIpc) is 3.35. The third kappa shape index (κ3) is 7.25. The molecule has 0 spiro atoms. The quantitative estimate of drug-likeness (QED) is 0.209. The third-order valence-electron chi connectivity index (χ3n) is 5.78. The van der Waals surface area contributed by atoms with Crippen LogP contribution in [0.4, 0.5) is 23.2 Å². The molecule has 0 saturated carbocycles. The van der Waals surface area contributed by atoms with Crippen molar-refractivity contribution in [3.8, 4) is 0 Å². The molecule has 11 nitrogen and oxygen atoms in total. The molecule has 0 radical (unpaired) electrons. The van der Waals surface area contributed by atoms with Gasteiger partial charge in [-0.25, -0.2) is 9.38 Å². The number of nitrogens with one attached hydrogen (secondary N) is 5. The molecule has 212 valence electrons. The van der Waals surface area contributed by atoms with E-state index in [9.17, 15) is 37.1 Å². The van der Waals surface area contributed by atoms with Gasteiger partial charge in [0.05, 0.1) is 54.9 Å². The van der Waals surface area contributed by atoms with Gasteiger partial charge in [-0.1, -0.05) is 15.9 Å². The Morgan fingerprint density at radius 2 is 1.95 bits per heavy atom. The number of amides is 2. The standard InChI is InChI=1S/C24H22BrF4N7O4/c25-13-2-11(1-12(3-13)24(27,28)29)18(6-21(38)39)35-20(37)10-30-22(40)16-4-15(5-19-17(16)9-33-36-19)34-23-31-7-14(26)8-32-23/h1-5,9,14,18H,6-8,10H2,(H,30,40)(H,33,36)(H,35,37)(H,38,39)(H2,31,32,34). The van der Waals surface area contributed by atoms with Crippen LogP contribution in [0.2, 0.25) is 0 Å². The monoisotopic (exact) mass is 627 g/mol. The number of carbonyl (C=O) groups excluding carboxylic acids is 2. The molecule has 2 atom stereocenters. The van der Waals surface area contributed by atoms with Gasteiger partial charge in [-0.05, 0) is 35.9 Å². The highest BCUT2D eigenvalue weighted by Crippen LogP contribution is 2.34. The van der Waals surface area contributed by atoms with Crippen molar-refractivity contribution >= 4 is 56.3 Å². The summed E-state index contributed by atoms with van der Waals surface area (Å²) >= 11 is 2.98. The summed E-state index contributed by atoms with van der Waals surface area (Å²) in [6.45, 7) is -0.552. The Bertz CT molecular complexity index is 1480. The van der Waals surface area contributed by atoms with Crippen LogP contribution in [0.25, 0.3) is 10.9 Å². The molecule has 4 rings (SSSR count). The summed E-state index contributed by atoms with van der Waals surface area (Å²) in [7, 11) is 0. The normalized spacial score (nSPS) is 16.0. The van der Waals surface area contributed by atoms with Crippen molar-refractivity contribution in [1.82, 2.24) is 26.1 Å². The zero-order valence-electron chi connectivity index (χ0n) is 20.4. The number of nitrogens with zero attached hydrogens (tertiary/aromatic N) is 2. The van der Waals surface area contributed by atoms with Gasteiger partial charge in [-0.2, -0.15) is 18.3 Å². The summed E-state index contributed by atoms with van der Waals surface area (Å²) in [6, 6.07) is 4.68. The van der Waals surface area contributed by atoms with Gasteiger partial charge in [0, 0.05) is 15.5 Å².